The molecule has 0 aromatic carbocycles. The van der Waals surface area contributed by atoms with E-state index in [0.717, 1.165) is 10.9 Å². The summed E-state index contributed by atoms with van der Waals surface area (Å²) in [7, 11) is -5.06. The van der Waals surface area contributed by atoms with Crippen LogP contribution in [-0.4, -0.2) is 115 Å². The van der Waals surface area contributed by atoms with E-state index < -0.39 is 75.6 Å². The fourth-order valence-corrected chi connectivity index (χ4v) is 5.81. The number of nitrogens with two attached hydrogens (primary N) is 2. The van der Waals surface area contributed by atoms with Crippen LogP contribution in [0.15, 0.2) is 17.4 Å². The Hall–Kier alpha value is -3.63. The Morgan fingerprint density at radius 1 is 1.05 bits per heavy atom. The standard InChI is InChI=1S/C20H25N10O11P/c21-16-9-7(23-3-24-16)8(28-29-9)14-13(34)11(32)6(39-14)2-38-42(36,37)41-15-12(33)5(1-31)40-19(15)30-4-25-10-17(30)26-20(22)27-18(10)35/h3-6,11-15,19,31-34H,1-2H2,(H,28,29)(H,36,37)(H2,21,23,24)(H3,22,26,27,35)/t5-,6-,11-,12-,13-,14+,15-,19-/m1/s1. The average Bonchev–Trinajstić information content (AvgIpc) is 3.69. The number of phosphoric ester groups is 1. The van der Waals surface area contributed by atoms with Crippen LogP contribution in [0.25, 0.3) is 22.2 Å². The van der Waals surface area contributed by atoms with Gasteiger partial charge in [0.05, 0.1) is 25.2 Å². The van der Waals surface area contributed by atoms with Crippen molar-refractivity contribution in [3.05, 3.63) is 28.7 Å². The van der Waals surface area contributed by atoms with Crippen molar-refractivity contribution in [1.29, 1.82) is 0 Å². The minimum absolute atomic E-state index is 0.0725. The molecule has 6 rings (SSSR count). The maximum absolute atomic E-state index is 13.0. The van der Waals surface area contributed by atoms with Crippen LogP contribution >= 0.6 is 7.82 Å². The number of aliphatic hydroxyl groups excluding tert-OH is 4. The van der Waals surface area contributed by atoms with E-state index in [2.05, 4.69) is 35.1 Å². The van der Waals surface area contributed by atoms with Crippen molar-refractivity contribution in [1.82, 2.24) is 39.7 Å². The maximum Gasteiger partial charge on any atom is 0.472 e. The monoisotopic (exact) mass is 612 g/mol. The Balaban J connectivity index is 1.19. The first-order chi connectivity index (χ1) is 20.0. The van der Waals surface area contributed by atoms with Gasteiger partial charge in [-0.05, 0) is 0 Å². The number of imidazole rings is 1. The lowest BCUT2D eigenvalue weighted by atomic mass is 10.1. The van der Waals surface area contributed by atoms with Gasteiger partial charge in [0.2, 0.25) is 5.95 Å². The molecule has 2 aliphatic heterocycles. The lowest BCUT2D eigenvalue weighted by Gasteiger charge is -2.24. The molecule has 2 saturated heterocycles. The summed E-state index contributed by atoms with van der Waals surface area (Å²) in [5.41, 5.74) is 11.1. The Morgan fingerprint density at radius 3 is 2.60 bits per heavy atom. The first-order valence-electron chi connectivity index (χ1n) is 12.3. The van der Waals surface area contributed by atoms with Gasteiger partial charge in [0, 0.05) is 0 Å². The van der Waals surface area contributed by atoms with Crippen molar-refractivity contribution < 1.29 is 48.4 Å². The van der Waals surface area contributed by atoms with Gasteiger partial charge >= 0.3 is 7.82 Å². The summed E-state index contributed by atoms with van der Waals surface area (Å²) in [4.78, 5) is 40.8. The summed E-state index contributed by atoms with van der Waals surface area (Å²) in [5.74, 6) is -0.182. The number of H-pyrrole nitrogens is 2. The summed E-state index contributed by atoms with van der Waals surface area (Å²) in [6, 6.07) is 0. The minimum Gasteiger partial charge on any atom is -0.394 e. The molecule has 42 heavy (non-hydrogen) atoms. The van der Waals surface area contributed by atoms with E-state index in [1.54, 1.807) is 0 Å². The van der Waals surface area contributed by atoms with Crippen LogP contribution in [0.3, 0.4) is 0 Å². The fourth-order valence-electron chi connectivity index (χ4n) is 4.88. The zero-order valence-corrected chi connectivity index (χ0v) is 22.1. The molecule has 0 bridgehead atoms. The van der Waals surface area contributed by atoms with Gasteiger partial charge in [0.1, 0.15) is 54.6 Å². The Labute approximate surface area is 232 Å². The van der Waals surface area contributed by atoms with E-state index in [1.807, 2.05) is 0 Å². The highest BCUT2D eigenvalue weighted by molar-refractivity contribution is 7.47. The van der Waals surface area contributed by atoms with Gasteiger partial charge < -0.3 is 46.3 Å². The van der Waals surface area contributed by atoms with E-state index in [4.69, 9.17) is 30.0 Å². The molecule has 0 radical (unpaired) electrons. The molecule has 4 aromatic heterocycles. The lowest BCUT2D eigenvalue weighted by Crippen LogP contribution is -2.36. The molecule has 1 unspecified atom stereocenters. The van der Waals surface area contributed by atoms with Gasteiger partial charge in [0.25, 0.3) is 5.56 Å². The van der Waals surface area contributed by atoms with E-state index in [1.165, 1.54) is 6.33 Å². The molecule has 0 aliphatic carbocycles. The van der Waals surface area contributed by atoms with Crippen LogP contribution in [0.1, 0.15) is 18.0 Å². The number of fused-ring (bicyclic) bond motifs is 2. The van der Waals surface area contributed by atoms with Crippen molar-refractivity contribution in [2.75, 3.05) is 24.7 Å². The van der Waals surface area contributed by atoms with Crippen LogP contribution < -0.4 is 17.0 Å². The average molecular weight is 612 g/mol. The van der Waals surface area contributed by atoms with Gasteiger partial charge in [-0.2, -0.15) is 10.1 Å². The third kappa shape index (κ3) is 4.80. The number of aromatic amines is 2. The zero-order valence-electron chi connectivity index (χ0n) is 21.2. The molecule has 2 fully saturated rings. The second-order valence-corrected chi connectivity index (χ2v) is 10.9. The first kappa shape index (κ1) is 28.5. The molecule has 0 saturated carbocycles. The second-order valence-electron chi connectivity index (χ2n) is 9.52. The summed E-state index contributed by atoms with van der Waals surface area (Å²) in [6.07, 6.45) is -9.29. The fraction of sp³-hybridized carbons (Fsp3) is 0.500. The van der Waals surface area contributed by atoms with E-state index in [9.17, 15) is 34.7 Å². The van der Waals surface area contributed by atoms with Crippen LogP contribution in [-0.2, 0) is 23.1 Å². The van der Waals surface area contributed by atoms with Crippen molar-refractivity contribution in [2.24, 2.45) is 0 Å². The SMILES string of the molecule is Nc1nc2c(ncn2[C@@H]2O[C@H](CO)[C@@H](O)[C@H]2OP(=O)(O)OC[C@H]2O[C@@H](c3[nH]nc4c(N)ncnc34)[C@H](O)[C@@H]2O)c(=O)[nH]1. The molecule has 0 spiro atoms. The first-order valence-corrected chi connectivity index (χ1v) is 13.8. The quantitative estimate of drug-likeness (QED) is 0.0874. The Morgan fingerprint density at radius 2 is 1.83 bits per heavy atom. The van der Waals surface area contributed by atoms with Gasteiger partial charge in [-0.3, -0.25) is 28.5 Å². The summed E-state index contributed by atoms with van der Waals surface area (Å²) < 4.78 is 35.7. The smallest absolute Gasteiger partial charge is 0.394 e. The highest BCUT2D eigenvalue weighted by Gasteiger charge is 2.50. The number of nitrogens with one attached hydrogen (secondary N) is 2. The zero-order chi connectivity index (χ0) is 29.9. The molecule has 4 aromatic rings. The number of hydrogen-bond donors (Lipinski definition) is 9. The summed E-state index contributed by atoms with van der Waals surface area (Å²) in [6.45, 7) is -1.44. The topological polar surface area (TPSA) is 325 Å². The molecule has 2 aliphatic rings. The number of phosphoric acid groups is 1. The van der Waals surface area contributed by atoms with Gasteiger partial charge in [0.15, 0.2) is 28.7 Å². The van der Waals surface area contributed by atoms with Gasteiger partial charge in [-0.1, -0.05) is 0 Å². The van der Waals surface area contributed by atoms with Gasteiger partial charge in [-0.15, -0.1) is 0 Å². The molecular weight excluding hydrogens is 587 g/mol. The van der Waals surface area contributed by atoms with Crippen LogP contribution in [0, 0.1) is 0 Å². The van der Waals surface area contributed by atoms with Crippen LogP contribution in [0.4, 0.5) is 11.8 Å². The third-order valence-electron chi connectivity index (χ3n) is 6.92. The van der Waals surface area contributed by atoms with E-state index in [0.29, 0.717) is 0 Å². The summed E-state index contributed by atoms with van der Waals surface area (Å²) >= 11 is 0. The summed E-state index contributed by atoms with van der Waals surface area (Å²) in [5, 5.41) is 48.1. The Kier molecular flexibility index (Phi) is 7.17. The van der Waals surface area contributed by atoms with Crippen molar-refractivity contribution in [3.63, 3.8) is 0 Å². The number of rotatable bonds is 8. The maximum atomic E-state index is 13.0. The predicted octanol–water partition coefficient (Wildman–Crippen LogP) is -3.43. The molecule has 21 nitrogen and oxygen atoms in total. The number of hydrogen-bond acceptors (Lipinski definition) is 17. The molecule has 0 amide bonds. The molecule has 226 valence electrons. The minimum atomic E-state index is -5.06. The molecule has 6 heterocycles. The molecule has 22 heteroatoms. The highest BCUT2D eigenvalue weighted by atomic mass is 31.2. The normalized spacial score (nSPS) is 31.3. The second kappa shape index (κ2) is 10.6. The van der Waals surface area contributed by atoms with Gasteiger partial charge in [-0.25, -0.2) is 19.5 Å². The third-order valence-corrected chi connectivity index (χ3v) is 7.90. The number of anilines is 2. The van der Waals surface area contributed by atoms with E-state index >= 15 is 0 Å². The number of aromatic nitrogens is 8. The van der Waals surface area contributed by atoms with Crippen molar-refractivity contribution >= 4 is 41.8 Å². The van der Waals surface area contributed by atoms with Crippen LogP contribution in [0.2, 0.25) is 0 Å². The van der Waals surface area contributed by atoms with E-state index in [-0.39, 0.29) is 39.7 Å². The number of ether oxygens (including phenoxy) is 2. The van der Waals surface area contributed by atoms with Crippen molar-refractivity contribution in [2.45, 2.75) is 49.0 Å². The number of nitrogens with zero attached hydrogens (tertiary/aromatic N) is 6. The highest BCUT2D eigenvalue weighted by Crippen LogP contribution is 2.50. The predicted molar refractivity (Wildman–Crippen MR) is 136 cm³/mol. The largest absolute Gasteiger partial charge is 0.472 e. The number of aliphatic hydroxyl groups is 4. The molecule has 11 N–H and O–H groups in total. The molecular formula is C20H25N10O11P. The number of nitrogen functional groups attached to an aromatic ring is 2. The lowest BCUT2D eigenvalue weighted by molar-refractivity contribution is -0.0551. The van der Waals surface area contributed by atoms with Crippen molar-refractivity contribution in [3.8, 4) is 0 Å². The Bertz CT molecular complexity index is 1730. The molecule has 9 atom stereocenters. The van der Waals surface area contributed by atoms with Crippen LogP contribution in [0.5, 0.6) is 0 Å².